The summed E-state index contributed by atoms with van der Waals surface area (Å²) in [5.41, 5.74) is -0.0575. The maximum atomic E-state index is 9.27. The fraction of sp³-hybridized carbons (Fsp3) is 1.00. The lowest BCUT2D eigenvalue weighted by Gasteiger charge is -2.39. The van der Waals surface area contributed by atoms with Crippen LogP contribution in [0.2, 0.25) is 0 Å². The van der Waals surface area contributed by atoms with Crippen molar-refractivity contribution in [1.29, 1.82) is 0 Å². The molecule has 0 heterocycles. The summed E-state index contributed by atoms with van der Waals surface area (Å²) in [7, 11) is 0. The summed E-state index contributed by atoms with van der Waals surface area (Å²) in [6.45, 7) is 3.96. The highest BCUT2D eigenvalue weighted by Gasteiger charge is 2.38. The van der Waals surface area contributed by atoms with E-state index < -0.39 is 18.3 Å². The third-order valence-electron chi connectivity index (χ3n) is 2.31. The molecule has 1 rings (SSSR count). The molecule has 0 amide bonds. The number of aliphatic hydroxyl groups excluding tert-OH is 3. The summed E-state index contributed by atoms with van der Waals surface area (Å²) in [6.07, 6.45) is -1.37. The molecule has 0 radical (unpaired) electrons. The average Bonchev–Trinajstić information content (AvgIpc) is 1.81. The fourth-order valence-corrected chi connectivity index (χ4v) is 1.71. The maximum Gasteiger partial charge on any atom is 0.106 e. The van der Waals surface area contributed by atoms with Gasteiger partial charge in [-0.2, -0.15) is 0 Å². The van der Waals surface area contributed by atoms with Crippen LogP contribution in [0.1, 0.15) is 26.7 Å². The molecule has 1 saturated carbocycles. The quantitative estimate of drug-likeness (QED) is 0.463. The van der Waals surface area contributed by atoms with Crippen LogP contribution in [0.25, 0.3) is 0 Å². The fourth-order valence-electron chi connectivity index (χ4n) is 1.71. The van der Waals surface area contributed by atoms with Gasteiger partial charge in [0.1, 0.15) is 6.10 Å². The van der Waals surface area contributed by atoms with Gasteiger partial charge in [-0.15, -0.1) is 0 Å². The third-order valence-corrected chi connectivity index (χ3v) is 2.31. The van der Waals surface area contributed by atoms with E-state index in [-0.39, 0.29) is 5.41 Å². The standard InChI is InChI=1S/C8H16O3/c1-8(2)3-5(9)7(11)6(10)4-8/h5-7,9-11H,3-4H2,1-2H3/t5-,6-/m1/s1. The van der Waals surface area contributed by atoms with Gasteiger partial charge in [-0.05, 0) is 18.3 Å². The molecule has 3 heteroatoms. The zero-order chi connectivity index (χ0) is 8.65. The van der Waals surface area contributed by atoms with Crippen molar-refractivity contribution in [3.63, 3.8) is 0 Å². The van der Waals surface area contributed by atoms with Gasteiger partial charge in [-0.1, -0.05) is 13.8 Å². The highest BCUT2D eigenvalue weighted by Crippen LogP contribution is 2.35. The minimum atomic E-state index is -0.956. The van der Waals surface area contributed by atoms with Gasteiger partial charge in [-0.25, -0.2) is 0 Å². The molecule has 0 saturated heterocycles. The van der Waals surface area contributed by atoms with Crippen molar-refractivity contribution in [2.45, 2.75) is 45.0 Å². The van der Waals surface area contributed by atoms with Crippen molar-refractivity contribution in [2.24, 2.45) is 5.41 Å². The first-order chi connectivity index (χ1) is 4.92. The molecule has 3 nitrogen and oxygen atoms in total. The van der Waals surface area contributed by atoms with Crippen LogP contribution in [0.4, 0.5) is 0 Å². The monoisotopic (exact) mass is 160 g/mol. The van der Waals surface area contributed by atoms with Gasteiger partial charge >= 0.3 is 0 Å². The first-order valence-corrected chi connectivity index (χ1v) is 3.96. The SMILES string of the molecule is CC1(C)C[C@@H](O)C(O)[C@H](O)C1. The van der Waals surface area contributed by atoms with Gasteiger partial charge in [0.15, 0.2) is 0 Å². The van der Waals surface area contributed by atoms with Crippen molar-refractivity contribution in [3.05, 3.63) is 0 Å². The predicted octanol–water partition coefficient (Wildman–Crippen LogP) is -0.111. The Kier molecular flexibility index (Phi) is 2.23. The molecule has 0 spiro atoms. The molecule has 1 fully saturated rings. The molecule has 0 aromatic heterocycles. The van der Waals surface area contributed by atoms with E-state index in [1.807, 2.05) is 13.8 Å². The van der Waals surface area contributed by atoms with E-state index in [0.29, 0.717) is 12.8 Å². The van der Waals surface area contributed by atoms with E-state index in [1.54, 1.807) is 0 Å². The molecule has 0 aromatic carbocycles. The van der Waals surface area contributed by atoms with Gasteiger partial charge in [0.25, 0.3) is 0 Å². The van der Waals surface area contributed by atoms with Crippen molar-refractivity contribution in [2.75, 3.05) is 0 Å². The van der Waals surface area contributed by atoms with Crippen molar-refractivity contribution in [3.8, 4) is 0 Å². The number of hydrogen-bond donors (Lipinski definition) is 3. The van der Waals surface area contributed by atoms with Crippen LogP contribution in [0, 0.1) is 5.41 Å². The lowest BCUT2D eigenvalue weighted by atomic mass is 9.73. The number of aliphatic hydroxyl groups is 3. The molecule has 1 aliphatic carbocycles. The Morgan fingerprint density at radius 3 is 1.73 bits per heavy atom. The van der Waals surface area contributed by atoms with Gasteiger partial charge in [0.05, 0.1) is 12.2 Å². The second-order valence-corrected chi connectivity index (χ2v) is 4.20. The molecule has 0 bridgehead atoms. The summed E-state index contributed by atoms with van der Waals surface area (Å²) >= 11 is 0. The molecule has 0 unspecified atom stereocenters. The topological polar surface area (TPSA) is 60.7 Å². The van der Waals surface area contributed by atoms with Gasteiger partial charge in [0, 0.05) is 0 Å². The van der Waals surface area contributed by atoms with Gasteiger partial charge in [0.2, 0.25) is 0 Å². The number of hydrogen-bond acceptors (Lipinski definition) is 3. The van der Waals surface area contributed by atoms with Gasteiger partial charge < -0.3 is 15.3 Å². The zero-order valence-corrected chi connectivity index (χ0v) is 6.99. The lowest BCUT2D eigenvalue weighted by molar-refractivity contribution is -0.116. The largest absolute Gasteiger partial charge is 0.390 e. The smallest absolute Gasteiger partial charge is 0.106 e. The molecular formula is C8H16O3. The highest BCUT2D eigenvalue weighted by molar-refractivity contribution is 4.90. The number of rotatable bonds is 0. The first kappa shape index (κ1) is 8.97. The molecule has 2 atom stereocenters. The van der Waals surface area contributed by atoms with Crippen LogP contribution in [0.3, 0.4) is 0 Å². The zero-order valence-electron chi connectivity index (χ0n) is 6.99. The van der Waals surface area contributed by atoms with Crippen LogP contribution < -0.4 is 0 Å². The van der Waals surface area contributed by atoms with Crippen molar-refractivity contribution < 1.29 is 15.3 Å². The predicted molar refractivity (Wildman–Crippen MR) is 41.0 cm³/mol. The summed E-state index contributed by atoms with van der Waals surface area (Å²) in [4.78, 5) is 0. The van der Waals surface area contributed by atoms with Crippen LogP contribution in [0.5, 0.6) is 0 Å². The maximum absolute atomic E-state index is 9.27. The first-order valence-electron chi connectivity index (χ1n) is 3.96. The lowest BCUT2D eigenvalue weighted by Crippen LogP contribution is -2.47. The van der Waals surface area contributed by atoms with E-state index in [2.05, 4.69) is 0 Å². The van der Waals surface area contributed by atoms with Crippen molar-refractivity contribution in [1.82, 2.24) is 0 Å². The van der Waals surface area contributed by atoms with Crippen LogP contribution >= 0.6 is 0 Å². The second-order valence-electron chi connectivity index (χ2n) is 4.20. The minimum absolute atomic E-state index is 0.0575. The Morgan fingerprint density at radius 1 is 1.00 bits per heavy atom. The molecule has 0 aliphatic heterocycles. The molecule has 3 N–H and O–H groups in total. The molecule has 11 heavy (non-hydrogen) atoms. The normalized spacial score (nSPS) is 43.9. The Hall–Kier alpha value is -0.120. The van der Waals surface area contributed by atoms with E-state index in [1.165, 1.54) is 0 Å². The van der Waals surface area contributed by atoms with E-state index in [9.17, 15) is 15.3 Å². The van der Waals surface area contributed by atoms with E-state index in [4.69, 9.17) is 0 Å². The molecular weight excluding hydrogens is 144 g/mol. The van der Waals surface area contributed by atoms with E-state index in [0.717, 1.165) is 0 Å². The van der Waals surface area contributed by atoms with Crippen LogP contribution in [-0.4, -0.2) is 33.6 Å². The molecule has 66 valence electrons. The summed E-state index contributed by atoms with van der Waals surface area (Å²) in [6, 6.07) is 0. The average molecular weight is 160 g/mol. The third kappa shape index (κ3) is 1.92. The second kappa shape index (κ2) is 2.73. The van der Waals surface area contributed by atoms with Crippen LogP contribution in [0.15, 0.2) is 0 Å². The Bertz CT molecular complexity index is 130. The van der Waals surface area contributed by atoms with E-state index >= 15 is 0 Å². The molecule has 0 aromatic rings. The summed E-state index contributed by atoms with van der Waals surface area (Å²) in [5, 5.41) is 27.7. The Balaban J connectivity index is 2.62. The Morgan fingerprint density at radius 2 is 1.36 bits per heavy atom. The van der Waals surface area contributed by atoms with Crippen molar-refractivity contribution >= 4 is 0 Å². The van der Waals surface area contributed by atoms with Crippen LogP contribution in [-0.2, 0) is 0 Å². The summed E-state index contributed by atoms with van der Waals surface area (Å²) < 4.78 is 0. The van der Waals surface area contributed by atoms with Gasteiger partial charge in [-0.3, -0.25) is 0 Å². The Labute approximate surface area is 66.7 Å². The summed E-state index contributed by atoms with van der Waals surface area (Å²) in [5.74, 6) is 0. The minimum Gasteiger partial charge on any atom is -0.390 e. The molecule has 1 aliphatic rings. The highest BCUT2D eigenvalue weighted by atomic mass is 16.4.